The van der Waals surface area contributed by atoms with E-state index < -0.39 is 0 Å². The van der Waals surface area contributed by atoms with E-state index in [1.54, 1.807) is 0 Å². The summed E-state index contributed by atoms with van der Waals surface area (Å²) in [5.41, 5.74) is 9.48. The number of nitrogens with zero attached hydrogens (tertiary/aromatic N) is 6. The van der Waals surface area contributed by atoms with E-state index in [0.29, 0.717) is 23.1 Å². The van der Waals surface area contributed by atoms with E-state index in [1.807, 2.05) is 78.9 Å². The van der Waals surface area contributed by atoms with Crippen LogP contribution in [-0.2, 0) is 0 Å². The van der Waals surface area contributed by atoms with Gasteiger partial charge >= 0.3 is 0 Å². The molecule has 57 heavy (non-hydrogen) atoms. The SMILES string of the molecule is c1ccc(-c2nc(-c3ccccc3)nc(-c3c(-n4c5ccccc5c5ccccc54)c(-n4c5ccccc5c5ccccc54)nc4c3oc3ccccc34)n2)cc1. The Labute approximate surface area is 325 Å². The first-order valence-corrected chi connectivity index (χ1v) is 19.0. The van der Waals surface area contributed by atoms with Crippen LogP contribution in [0.1, 0.15) is 0 Å². The third-order valence-electron chi connectivity index (χ3n) is 11.0. The maximum absolute atomic E-state index is 6.95. The van der Waals surface area contributed by atoms with Crippen LogP contribution < -0.4 is 0 Å². The summed E-state index contributed by atoms with van der Waals surface area (Å²) < 4.78 is 11.6. The summed E-state index contributed by atoms with van der Waals surface area (Å²) in [6.07, 6.45) is 0. The highest BCUT2D eigenvalue weighted by atomic mass is 16.3. The zero-order valence-electron chi connectivity index (χ0n) is 30.4. The number of benzene rings is 7. The molecule has 0 fully saturated rings. The Hall–Kier alpha value is -7.90. The van der Waals surface area contributed by atoms with Crippen molar-refractivity contribution in [1.82, 2.24) is 29.1 Å². The van der Waals surface area contributed by atoms with Crippen molar-refractivity contribution in [3.05, 3.63) is 182 Å². The van der Waals surface area contributed by atoms with Crippen LogP contribution >= 0.6 is 0 Å². The van der Waals surface area contributed by atoms with E-state index in [2.05, 4.69) is 112 Å². The molecule has 7 heteroatoms. The normalized spacial score (nSPS) is 11.9. The molecule has 0 saturated heterocycles. The first kappa shape index (κ1) is 31.5. The Bertz CT molecular complexity index is 3360. The highest BCUT2D eigenvalue weighted by Gasteiger charge is 2.30. The van der Waals surface area contributed by atoms with Crippen LogP contribution in [0.3, 0.4) is 0 Å². The summed E-state index contributed by atoms with van der Waals surface area (Å²) in [7, 11) is 0. The van der Waals surface area contributed by atoms with E-state index in [9.17, 15) is 0 Å². The molecule has 12 aromatic rings. The quantitative estimate of drug-likeness (QED) is 0.176. The zero-order chi connectivity index (χ0) is 37.5. The minimum Gasteiger partial charge on any atom is -0.453 e. The number of furan rings is 1. The summed E-state index contributed by atoms with van der Waals surface area (Å²) in [5, 5.41) is 5.44. The van der Waals surface area contributed by atoms with Crippen LogP contribution in [0.2, 0.25) is 0 Å². The van der Waals surface area contributed by atoms with Gasteiger partial charge in [-0.25, -0.2) is 19.9 Å². The second kappa shape index (κ2) is 12.3. The lowest BCUT2D eigenvalue weighted by Gasteiger charge is -2.20. The van der Waals surface area contributed by atoms with Gasteiger partial charge in [0.25, 0.3) is 0 Å². The van der Waals surface area contributed by atoms with Gasteiger partial charge in [0, 0.05) is 38.1 Å². The highest BCUT2D eigenvalue weighted by molar-refractivity contribution is 6.15. The van der Waals surface area contributed by atoms with Gasteiger partial charge in [-0.1, -0.05) is 146 Å². The van der Waals surface area contributed by atoms with Crippen LogP contribution in [0.25, 0.3) is 111 Å². The third-order valence-corrected chi connectivity index (χ3v) is 11.0. The molecule has 0 amide bonds. The van der Waals surface area contributed by atoms with Crippen LogP contribution in [0, 0.1) is 0 Å². The van der Waals surface area contributed by atoms with Crippen LogP contribution in [0.15, 0.2) is 186 Å². The lowest BCUT2D eigenvalue weighted by molar-refractivity contribution is 0.668. The molecule has 7 nitrogen and oxygen atoms in total. The second-order valence-electron chi connectivity index (χ2n) is 14.2. The van der Waals surface area contributed by atoms with Gasteiger partial charge in [0.1, 0.15) is 16.8 Å². The molecule has 0 saturated carbocycles. The van der Waals surface area contributed by atoms with Crippen LogP contribution in [0.4, 0.5) is 0 Å². The standard InChI is InChI=1S/C50H30N6O/c1-3-17-31(18-4-1)47-52-48(32-19-5-2-6-20-32)54-49(53-47)43-45(55-38-26-12-7-21-33(38)34-22-8-13-27-39(34)55)50(51-44-37-25-11-16-30-42(37)57-46(43)44)56-40-28-14-9-23-35(40)36-24-10-15-29-41(36)56/h1-30H. The van der Waals surface area contributed by atoms with Crippen molar-refractivity contribution in [1.29, 1.82) is 0 Å². The van der Waals surface area contributed by atoms with Crippen molar-refractivity contribution in [2.24, 2.45) is 0 Å². The number of pyridine rings is 1. The molecule has 0 spiro atoms. The van der Waals surface area contributed by atoms with Crippen molar-refractivity contribution in [3.63, 3.8) is 0 Å². The number of para-hydroxylation sites is 5. The maximum Gasteiger partial charge on any atom is 0.170 e. The van der Waals surface area contributed by atoms with E-state index in [0.717, 1.165) is 88.3 Å². The van der Waals surface area contributed by atoms with Gasteiger partial charge in [-0.05, 0) is 36.4 Å². The first-order valence-electron chi connectivity index (χ1n) is 19.0. The fourth-order valence-corrected chi connectivity index (χ4v) is 8.50. The van der Waals surface area contributed by atoms with Crippen molar-refractivity contribution < 1.29 is 4.42 Å². The predicted octanol–water partition coefficient (Wildman–Crippen LogP) is 12.4. The average Bonchev–Trinajstić information content (AvgIpc) is 3.94. The van der Waals surface area contributed by atoms with Crippen LogP contribution in [0.5, 0.6) is 0 Å². The van der Waals surface area contributed by atoms with Crippen molar-refractivity contribution in [2.45, 2.75) is 0 Å². The summed E-state index contributed by atoms with van der Waals surface area (Å²) in [5.74, 6) is 2.34. The Morgan fingerprint density at radius 3 is 1.26 bits per heavy atom. The Morgan fingerprint density at radius 1 is 0.351 bits per heavy atom. The van der Waals surface area contributed by atoms with Crippen molar-refractivity contribution in [2.75, 3.05) is 0 Å². The van der Waals surface area contributed by atoms with Crippen molar-refractivity contribution >= 4 is 65.7 Å². The number of rotatable bonds is 5. The minimum absolute atomic E-state index is 0.480. The average molecular weight is 731 g/mol. The molecule has 5 heterocycles. The molecule has 0 aliphatic heterocycles. The highest BCUT2D eigenvalue weighted by Crippen LogP contribution is 2.45. The third kappa shape index (κ3) is 4.72. The van der Waals surface area contributed by atoms with Crippen molar-refractivity contribution in [3.8, 4) is 45.7 Å². The number of fused-ring (bicyclic) bond motifs is 9. The molecule has 0 aliphatic rings. The van der Waals surface area contributed by atoms with E-state index in [-0.39, 0.29) is 0 Å². The molecule has 7 aromatic carbocycles. The molecule has 12 rings (SSSR count). The second-order valence-corrected chi connectivity index (χ2v) is 14.2. The minimum atomic E-state index is 0.480. The first-order chi connectivity index (χ1) is 28.3. The molecule has 266 valence electrons. The van der Waals surface area contributed by atoms with Gasteiger partial charge in [0.05, 0.1) is 27.6 Å². The molecule has 0 radical (unpaired) electrons. The zero-order valence-corrected chi connectivity index (χ0v) is 30.4. The summed E-state index contributed by atoms with van der Waals surface area (Å²) in [4.78, 5) is 21.5. The topological polar surface area (TPSA) is 74.6 Å². The molecular formula is C50H30N6O. The molecule has 0 unspecified atom stereocenters. The number of aromatic nitrogens is 6. The largest absolute Gasteiger partial charge is 0.453 e. The fourth-order valence-electron chi connectivity index (χ4n) is 8.50. The van der Waals surface area contributed by atoms with E-state index >= 15 is 0 Å². The van der Waals surface area contributed by atoms with E-state index in [4.69, 9.17) is 24.4 Å². The molecular weight excluding hydrogens is 701 g/mol. The number of hydrogen-bond acceptors (Lipinski definition) is 5. The molecule has 5 aromatic heterocycles. The molecule has 0 N–H and O–H groups in total. The monoisotopic (exact) mass is 730 g/mol. The van der Waals surface area contributed by atoms with Crippen LogP contribution in [-0.4, -0.2) is 29.1 Å². The molecule has 0 bridgehead atoms. The fraction of sp³-hybridized carbons (Fsp3) is 0. The predicted molar refractivity (Wildman–Crippen MR) is 230 cm³/mol. The van der Waals surface area contributed by atoms with Gasteiger partial charge in [0.2, 0.25) is 0 Å². The Balaban J connectivity index is 1.35. The van der Waals surface area contributed by atoms with E-state index in [1.165, 1.54) is 0 Å². The summed E-state index contributed by atoms with van der Waals surface area (Å²) in [6.45, 7) is 0. The number of hydrogen-bond donors (Lipinski definition) is 0. The Morgan fingerprint density at radius 2 is 0.754 bits per heavy atom. The molecule has 0 atom stereocenters. The van der Waals surface area contributed by atoms with Gasteiger partial charge in [0.15, 0.2) is 28.9 Å². The van der Waals surface area contributed by atoms with Gasteiger partial charge in [-0.3, -0.25) is 4.57 Å². The molecule has 0 aliphatic carbocycles. The summed E-state index contributed by atoms with van der Waals surface area (Å²) >= 11 is 0. The Kier molecular flexibility index (Phi) is 6.79. The smallest absolute Gasteiger partial charge is 0.170 e. The van der Waals surface area contributed by atoms with Gasteiger partial charge < -0.3 is 8.98 Å². The summed E-state index contributed by atoms with van der Waals surface area (Å²) in [6, 6.07) is 62.5. The van der Waals surface area contributed by atoms with Gasteiger partial charge in [-0.15, -0.1) is 0 Å². The maximum atomic E-state index is 6.95. The van der Waals surface area contributed by atoms with Gasteiger partial charge in [-0.2, -0.15) is 0 Å². The lowest BCUT2D eigenvalue weighted by Crippen LogP contribution is -2.10. The lowest BCUT2D eigenvalue weighted by atomic mass is 10.1.